The number of hydrogen-bond donors (Lipinski definition) is 0. The van der Waals surface area contributed by atoms with Gasteiger partial charge < -0.3 is 23.5 Å². The SMILES string of the molecule is C1CCCC1.CC1(C)OB(c2ccc(F)c(C#N)c2)OC1(C)C.CC1(C)OB(c2ccc(N3CCCC3)c(C#N)c2)OC1(C)C. The normalized spacial score (nSPS) is 22.2. The lowest BCUT2D eigenvalue weighted by Gasteiger charge is -2.32. The second kappa shape index (κ2) is 13.9. The summed E-state index contributed by atoms with van der Waals surface area (Å²) in [5.41, 5.74) is 1.69. The van der Waals surface area contributed by atoms with Crippen LogP contribution in [-0.2, 0) is 18.6 Å². The van der Waals surface area contributed by atoms with Gasteiger partial charge in [-0.15, -0.1) is 0 Å². The molecule has 3 aliphatic heterocycles. The molecule has 240 valence electrons. The van der Waals surface area contributed by atoms with E-state index in [9.17, 15) is 9.65 Å². The van der Waals surface area contributed by atoms with E-state index in [0.717, 1.165) is 24.2 Å². The largest absolute Gasteiger partial charge is 0.494 e. The zero-order valence-corrected chi connectivity index (χ0v) is 28.3. The van der Waals surface area contributed by atoms with Crippen LogP contribution in [0.15, 0.2) is 36.4 Å². The summed E-state index contributed by atoms with van der Waals surface area (Å²) in [5, 5.41) is 18.3. The summed E-state index contributed by atoms with van der Waals surface area (Å²) in [4.78, 5) is 2.28. The summed E-state index contributed by atoms with van der Waals surface area (Å²) < 4.78 is 37.1. The van der Waals surface area contributed by atoms with Crippen molar-refractivity contribution in [3.8, 4) is 12.1 Å². The van der Waals surface area contributed by atoms with Crippen LogP contribution in [0.1, 0.15) is 111 Å². The molecule has 45 heavy (non-hydrogen) atoms. The second-order valence-electron chi connectivity index (χ2n) is 14.4. The van der Waals surface area contributed by atoms with Gasteiger partial charge in [-0.1, -0.05) is 44.2 Å². The van der Waals surface area contributed by atoms with Crippen molar-refractivity contribution >= 4 is 30.8 Å². The molecule has 3 heterocycles. The van der Waals surface area contributed by atoms with E-state index in [1.807, 2.05) is 79.7 Å². The van der Waals surface area contributed by atoms with Crippen LogP contribution in [0.5, 0.6) is 0 Å². The van der Waals surface area contributed by atoms with Gasteiger partial charge in [0.15, 0.2) is 0 Å². The molecule has 7 nitrogen and oxygen atoms in total. The average Bonchev–Trinajstić information content (AvgIpc) is 3.79. The molecular formula is C35H48B2FN3O4. The molecule has 0 N–H and O–H groups in total. The van der Waals surface area contributed by atoms with E-state index in [-0.39, 0.29) is 16.8 Å². The zero-order valence-electron chi connectivity index (χ0n) is 28.3. The minimum atomic E-state index is -0.567. The molecule has 0 bridgehead atoms. The van der Waals surface area contributed by atoms with Gasteiger partial charge in [0.1, 0.15) is 18.0 Å². The third kappa shape index (κ3) is 7.92. The molecule has 0 amide bonds. The quantitative estimate of drug-likeness (QED) is 0.369. The molecule has 0 atom stereocenters. The first-order valence-electron chi connectivity index (χ1n) is 16.3. The highest BCUT2D eigenvalue weighted by Crippen LogP contribution is 2.37. The molecule has 0 spiro atoms. The summed E-state index contributed by atoms with van der Waals surface area (Å²) in [7, 11) is -0.979. The lowest BCUT2D eigenvalue weighted by Crippen LogP contribution is -2.41. The van der Waals surface area contributed by atoms with E-state index < -0.39 is 31.3 Å². The number of halogens is 1. The van der Waals surface area contributed by atoms with Crippen LogP contribution in [0.2, 0.25) is 0 Å². The summed E-state index contributed by atoms with van der Waals surface area (Å²) in [5.74, 6) is -0.530. The molecule has 4 aliphatic rings. The first-order valence-corrected chi connectivity index (χ1v) is 16.3. The Kier molecular flexibility index (Phi) is 10.8. The second-order valence-corrected chi connectivity index (χ2v) is 14.4. The third-order valence-corrected chi connectivity index (χ3v) is 10.00. The Bertz CT molecular complexity index is 1380. The average molecular weight is 615 g/mol. The van der Waals surface area contributed by atoms with Gasteiger partial charge in [0.25, 0.3) is 0 Å². The third-order valence-electron chi connectivity index (χ3n) is 10.00. The van der Waals surface area contributed by atoms with Gasteiger partial charge in [-0.3, -0.25) is 0 Å². The van der Waals surface area contributed by atoms with E-state index in [0.29, 0.717) is 11.0 Å². The Morgan fingerprint density at radius 2 is 0.978 bits per heavy atom. The van der Waals surface area contributed by atoms with Crippen molar-refractivity contribution in [3.05, 3.63) is 53.3 Å². The highest BCUT2D eigenvalue weighted by molar-refractivity contribution is 6.62. The monoisotopic (exact) mass is 615 g/mol. The summed E-state index contributed by atoms with van der Waals surface area (Å²) in [6, 6.07) is 14.4. The Morgan fingerprint density at radius 3 is 1.38 bits per heavy atom. The maximum absolute atomic E-state index is 13.3. The lowest BCUT2D eigenvalue weighted by atomic mass is 9.78. The van der Waals surface area contributed by atoms with E-state index in [1.165, 1.54) is 57.1 Å². The maximum Gasteiger partial charge on any atom is 0.494 e. The van der Waals surface area contributed by atoms with Crippen LogP contribution in [0, 0.1) is 28.5 Å². The smallest absolute Gasteiger partial charge is 0.399 e. The van der Waals surface area contributed by atoms with Gasteiger partial charge in [-0.05, 0) is 103 Å². The molecule has 0 radical (unpaired) electrons. The minimum absolute atomic E-state index is 0.00205. The van der Waals surface area contributed by atoms with E-state index in [2.05, 4.69) is 11.0 Å². The van der Waals surface area contributed by atoms with Gasteiger partial charge >= 0.3 is 14.2 Å². The van der Waals surface area contributed by atoms with Crippen molar-refractivity contribution in [2.45, 2.75) is 123 Å². The van der Waals surface area contributed by atoms with Crippen LogP contribution in [0.3, 0.4) is 0 Å². The van der Waals surface area contributed by atoms with E-state index in [1.54, 1.807) is 6.07 Å². The van der Waals surface area contributed by atoms with Gasteiger partial charge in [0, 0.05) is 13.1 Å². The van der Waals surface area contributed by atoms with E-state index >= 15 is 0 Å². The molecule has 6 rings (SSSR count). The Balaban J connectivity index is 0.000000180. The molecule has 10 heteroatoms. The Morgan fingerprint density at radius 1 is 0.600 bits per heavy atom. The molecule has 1 saturated carbocycles. The summed E-state index contributed by atoms with van der Waals surface area (Å²) in [6.45, 7) is 18.0. The summed E-state index contributed by atoms with van der Waals surface area (Å²) >= 11 is 0. The van der Waals surface area contributed by atoms with Crippen molar-refractivity contribution in [2.24, 2.45) is 0 Å². The fourth-order valence-corrected chi connectivity index (χ4v) is 5.64. The van der Waals surface area contributed by atoms with Gasteiger partial charge in [0.05, 0.1) is 39.2 Å². The van der Waals surface area contributed by atoms with E-state index in [4.69, 9.17) is 23.9 Å². The van der Waals surface area contributed by atoms with Gasteiger partial charge in [-0.2, -0.15) is 10.5 Å². The van der Waals surface area contributed by atoms with Crippen molar-refractivity contribution in [2.75, 3.05) is 18.0 Å². The molecule has 0 aromatic heterocycles. The minimum Gasteiger partial charge on any atom is -0.399 e. The van der Waals surface area contributed by atoms with Crippen molar-refractivity contribution in [1.29, 1.82) is 10.5 Å². The van der Waals surface area contributed by atoms with Crippen LogP contribution < -0.4 is 15.8 Å². The number of hydrogen-bond acceptors (Lipinski definition) is 7. The first kappa shape index (κ1) is 35.0. The van der Waals surface area contributed by atoms with Gasteiger partial charge in [0.2, 0.25) is 0 Å². The molecule has 4 fully saturated rings. The molecule has 2 aromatic carbocycles. The summed E-state index contributed by atoms with van der Waals surface area (Å²) in [6.07, 6.45) is 9.90. The fraction of sp³-hybridized carbons (Fsp3) is 0.600. The highest BCUT2D eigenvalue weighted by Gasteiger charge is 2.52. The number of nitrogens with zero attached hydrogens (tertiary/aromatic N) is 3. The Labute approximate surface area is 270 Å². The van der Waals surface area contributed by atoms with Crippen molar-refractivity contribution in [3.63, 3.8) is 0 Å². The zero-order chi connectivity index (χ0) is 33.0. The number of rotatable bonds is 3. The predicted octanol–water partition coefficient (Wildman–Crippen LogP) is 6.40. The highest BCUT2D eigenvalue weighted by atomic mass is 19.1. The lowest BCUT2D eigenvalue weighted by molar-refractivity contribution is 0.00578. The van der Waals surface area contributed by atoms with Gasteiger partial charge in [-0.25, -0.2) is 4.39 Å². The number of nitriles is 2. The molecular weight excluding hydrogens is 567 g/mol. The standard InChI is InChI=1S/C17H23BN2O2.C13H15BFNO2.C5H10/c1-16(2)17(3,4)22-18(21-16)14-7-8-15(13(11-14)12-19)20-9-5-6-10-20;1-12(2)13(3,4)18-14(17-12)10-5-6-11(15)9(7-10)8-16;1-2-4-5-3-1/h7-8,11H,5-6,9-10H2,1-4H3;5-7H,1-4H3;1-5H2. The topological polar surface area (TPSA) is 87.7 Å². The fourth-order valence-electron chi connectivity index (χ4n) is 5.64. The predicted molar refractivity (Wildman–Crippen MR) is 178 cm³/mol. The number of benzene rings is 2. The van der Waals surface area contributed by atoms with Crippen molar-refractivity contribution in [1.82, 2.24) is 0 Å². The Hall–Kier alpha value is -2.88. The van der Waals surface area contributed by atoms with Crippen LogP contribution in [0.25, 0.3) is 0 Å². The molecule has 0 unspecified atom stereocenters. The molecule has 1 aliphatic carbocycles. The number of anilines is 1. The van der Waals surface area contributed by atoms with Crippen LogP contribution >= 0.6 is 0 Å². The van der Waals surface area contributed by atoms with Crippen molar-refractivity contribution < 1.29 is 23.0 Å². The van der Waals surface area contributed by atoms with Crippen LogP contribution in [0.4, 0.5) is 10.1 Å². The molecule has 3 saturated heterocycles. The maximum atomic E-state index is 13.3. The first-order chi connectivity index (χ1) is 21.1. The van der Waals surface area contributed by atoms with Crippen LogP contribution in [-0.4, -0.2) is 49.7 Å². The molecule has 2 aromatic rings.